The fourth-order valence-corrected chi connectivity index (χ4v) is 3.63. The molecule has 4 rings (SSSR count). The molecule has 1 saturated heterocycles. The number of morpholine rings is 1. The lowest BCUT2D eigenvalue weighted by Crippen LogP contribution is -2.36. The summed E-state index contributed by atoms with van der Waals surface area (Å²) in [6, 6.07) is 3.01. The molecule has 27 heavy (non-hydrogen) atoms. The van der Waals surface area contributed by atoms with Crippen molar-refractivity contribution in [1.82, 2.24) is 29.8 Å². The molecule has 0 bridgehead atoms. The lowest BCUT2D eigenvalue weighted by atomic mass is 10.2. The van der Waals surface area contributed by atoms with Crippen LogP contribution >= 0.6 is 0 Å². The van der Waals surface area contributed by atoms with Crippen LogP contribution in [0.1, 0.15) is 47.3 Å². The molecule has 1 amide bonds. The second-order valence-corrected chi connectivity index (χ2v) is 7.27. The van der Waals surface area contributed by atoms with Crippen LogP contribution in [0.3, 0.4) is 0 Å². The normalized spacial score (nSPS) is 17.5. The lowest BCUT2D eigenvalue weighted by Gasteiger charge is -2.26. The summed E-state index contributed by atoms with van der Waals surface area (Å²) < 4.78 is 7.45. The third-order valence-corrected chi connectivity index (χ3v) is 5.04. The Hall–Kier alpha value is -2.52. The van der Waals surface area contributed by atoms with Crippen LogP contribution in [-0.4, -0.2) is 62.0 Å². The topological polar surface area (TPSA) is 96.4 Å². The van der Waals surface area contributed by atoms with Crippen molar-refractivity contribution in [3.8, 4) is 0 Å². The first-order valence-electron chi connectivity index (χ1n) is 9.27. The van der Waals surface area contributed by atoms with E-state index < -0.39 is 0 Å². The predicted molar refractivity (Wildman–Crippen MR) is 97.1 cm³/mol. The molecular weight excluding hydrogens is 348 g/mol. The number of ether oxygens (including phenoxy) is 1. The summed E-state index contributed by atoms with van der Waals surface area (Å²) in [5.74, 6) is -0.185. The number of rotatable bonds is 4. The number of H-pyrrole nitrogens is 1. The first kappa shape index (κ1) is 17.9. The number of aromatic amines is 1. The molecule has 0 saturated carbocycles. The van der Waals surface area contributed by atoms with Gasteiger partial charge in [0, 0.05) is 37.3 Å². The number of aromatic nitrogens is 4. The standard InChI is InChI=1S/C18H24N6O3/c1-12(2)24-16-11-23(18(26)14-3-4-17(25)20-19-14)9-13(16)15(21-24)10-22-5-7-27-8-6-22/h3-4,12H,5-11H2,1-2H3,(H,20,25). The van der Waals surface area contributed by atoms with Crippen LogP contribution in [0.4, 0.5) is 0 Å². The Kier molecular flexibility index (Phi) is 4.79. The van der Waals surface area contributed by atoms with E-state index in [2.05, 4.69) is 28.9 Å². The molecule has 1 fully saturated rings. The van der Waals surface area contributed by atoms with E-state index in [-0.39, 0.29) is 23.2 Å². The van der Waals surface area contributed by atoms with E-state index >= 15 is 0 Å². The Morgan fingerprint density at radius 2 is 2.04 bits per heavy atom. The van der Waals surface area contributed by atoms with Crippen molar-refractivity contribution in [2.24, 2.45) is 0 Å². The Morgan fingerprint density at radius 3 is 2.70 bits per heavy atom. The molecule has 4 heterocycles. The highest BCUT2D eigenvalue weighted by atomic mass is 16.5. The number of hydrogen-bond acceptors (Lipinski definition) is 6. The van der Waals surface area contributed by atoms with Crippen molar-refractivity contribution < 1.29 is 9.53 Å². The number of carbonyl (C=O) groups is 1. The molecule has 0 unspecified atom stereocenters. The van der Waals surface area contributed by atoms with Gasteiger partial charge < -0.3 is 9.64 Å². The quantitative estimate of drug-likeness (QED) is 0.841. The average molecular weight is 372 g/mol. The van der Waals surface area contributed by atoms with E-state index in [9.17, 15) is 9.59 Å². The van der Waals surface area contributed by atoms with Gasteiger partial charge in [0.15, 0.2) is 0 Å². The first-order chi connectivity index (χ1) is 13.0. The maximum absolute atomic E-state index is 12.8. The minimum Gasteiger partial charge on any atom is -0.379 e. The average Bonchev–Trinajstić information content (AvgIpc) is 3.23. The third-order valence-electron chi connectivity index (χ3n) is 5.04. The molecule has 2 aliphatic heterocycles. The Labute approximate surface area is 156 Å². The van der Waals surface area contributed by atoms with E-state index in [1.54, 1.807) is 4.90 Å². The third kappa shape index (κ3) is 3.52. The minimum atomic E-state index is -0.320. The van der Waals surface area contributed by atoms with Crippen LogP contribution in [-0.2, 0) is 24.4 Å². The van der Waals surface area contributed by atoms with Crippen molar-refractivity contribution in [1.29, 1.82) is 0 Å². The van der Waals surface area contributed by atoms with Gasteiger partial charge in [0.1, 0.15) is 5.69 Å². The number of nitrogens with one attached hydrogen (secondary N) is 1. The summed E-state index contributed by atoms with van der Waals surface area (Å²) in [4.78, 5) is 28.1. The number of carbonyl (C=O) groups excluding carboxylic acids is 1. The van der Waals surface area contributed by atoms with Gasteiger partial charge in [-0.05, 0) is 19.9 Å². The van der Waals surface area contributed by atoms with Crippen molar-refractivity contribution in [2.45, 2.75) is 39.5 Å². The lowest BCUT2D eigenvalue weighted by molar-refractivity contribution is 0.0333. The van der Waals surface area contributed by atoms with Crippen molar-refractivity contribution >= 4 is 5.91 Å². The van der Waals surface area contributed by atoms with Crippen LogP contribution in [0.15, 0.2) is 16.9 Å². The van der Waals surface area contributed by atoms with Gasteiger partial charge in [0.25, 0.3) is 11.5 Å². The number of amides is 1. The summed E-state index contributed by atoms with van der Waals surface area (Å²) in [5, 5.41) is 11.0. The van der Waals surface area contributed by atoms with Gasteiger partial charge in [-0.3, -0.25) is 19.2 Å². The molecule has 2 aromatic heterocycles. The Bertz CT molecular complexity index is 876. The zero-order valence-corrected chi connectivity index (χ0v) is 15.6. The van der Waals surface area contributed by atoms with Crippen molar-refractivity contribution in [3.63, 3.8) is 0 Å². The smallest absolute Gasteiger partial charge is 0.274 e. The maximum Gasteiger partial charge on any atom is 0.274 e. The fraction of sp³-hybridized carbons (Fsp3) is 0.556. The van der Waals surface area contributed by atoms with Gasteiger partial charge in [0.05, 0.1) is 37.7 Å². The molecule has 1 N–H and O–H groups in total. The highest BCUT2D eigenvalue weighted by molar-refractivity contribution is 5.92. The highest BCUT2D eigenvalue weighted by Gasteiger charge is 2.32. The minimum absolute atomic E-state index is 0.185. The number of hydrogen-bond donors (Lipinski definition) is 1. The molecule has 9 heteroatoms. The van der Waals surface area contributed by atoms with Gasteiger partial charge in [-0.2, -0.15) is 10.2 Å². The molecule has 0 radical (unpaired) electrons. The number of fused-ring (bicyclic) bond motifs is 1. The Balaban J connectivity index is 1.57. The SMILES string of the molecule is CC(C)n1nc(CN2CCOCC2)c2c1CN(C(=O)c1ccc(=O)[nH]n1)C2. The van der Waals surface area contributed by atoms with Gasteiger partial charge in [0.2, 0.25) is 0 Å². The van der Waals surface area contributed by atoms with Crippen LogP contribution in [0.25, 0.3) is 0 Å². The van der Waals surface area contributed by atoms with Gasteiger partial charge in [-0.25, -0.2) is 5.10 Å². The molecule has 9 nitrogen and oxygen atoms in total. The maximum atomic E-state index is 12.8. The van der Waals surface area contributed by atoms with E-state index in [4.69, 9.17) is 9.84 Å². The summed E-state index contributed by atoms with van der Waals surface area (Å²) in [6.45, 7) is 9.26. The molecule has 0 aromatic carbocycles. The summed E-state index contributed by atoms with van der Waals surface area (Å²) >= 11 is 0. The van der Waals surface area contributed by atoms with E-state index in [1.807, 2.05) is 4.68 Å². The van der Waals surface area contributed by atoms with Gasteiger partial charge >= 0.3 is 0 Å². The van der Waals surface area contributed by atoms with Crippen LogP contribution < -0.4 is 5.56 Å². The molecule has 0 atom stereocenters. The van der Waals surface area contributed by atoms with Gasteiger partial charge in [-0.1, -0.05) is 0 Å². The fourth-order valence-electron chi connectivity index (χ4n) is 3.63. The predicted octanol–water partition coefficient (Wildman–Crippen LogP) is 0.536. The molecule has 0 spiro atoms. The molecule has 2 aliphatic rings. The monoisotopic (exact) mass is 372 g/mol. The largest absolute Gasteiger partial charge is 0.379 e. The second kappa shape index (κ2) is 7.24. The summed E-state index contributed by atoms with van der Waals surface area (Å²) in [6.07, 6.45) is 0. The van der Waals surface area contributed by atoms with E-state index in [1.165, 1.54) is 12.1 Å². The van der Waals surface area contributed by atoms with Crippen molar-refractivity contribution in [3.05, 3.63) is 45.1 Å². The van der Waals surface area contributed by atoms with Crippen molar-refractivity contribution in [2.75, 3.05) is 26.3 Å². The highest BCUT2D eigenvalue weighted by Crippen LogP contribution is 2.30. The zero-order valence-electron chi connectivity index (χ0n) is 15.6. The van der Waals surface area contributed by atoms with E-state index in [0.29, 0.717) is 13.1 Å². The van der Waals surface area contributed by atoms with Crippen LogP contribution in [0, 0.1) is 0 Å². The van der Waals surface area contributed by atoms with Gasteiger partial charge in [-0.15, -0.1) is 0 Å². The zero-order chi connectivity index (χ0) is 19.0. The summed E-state index contributed by atoms with van der Waals surface area (Å²) in [7, 11) is 0. The molecule has 144 valence electrons. The Morgan fingerprint density at radius 1 is 1.26 bits per heavy atom. The van der Waals surface area contributed by atoms with Crippen LogP contribution in [0.5, 0.6) is 0 Å². The van der Waals surface area contributed by atoms with E-state index in [0.717, 1.165) is 49.8 Å². The first-order valence-corrected chi connectivity index (χ1v) is 9.27. The molecule has 0 aliphatic carbocycles. The van der Waals surface area contributed by atoms with Crippen LogP contribution in [0.2, 0.25) is 0 Å². The number of nitrogens with zero attached hydrogens (tertiary/aromatic N) is 5. The molecular formula is C18H24N6O3. The molecule has 2 aromatic rings. The summed E-state index contributed by atoms with van der Waals surface area (Å²) in [5.41, 5.74) is 3.18. The second-order valence-electron chi connectivity index (χ2n) is 7.27.